The molecule has 2 aromatic rings. The summed E-state index contributed by atoms with van der Waals surface area (Å²) in [5.74, 6) is -0.0410. The highest BCUT2D eigenvalue weighted by Crippen LogP contribution is 2.14. The number of nitrogens with two attached hydrogens (primary N) is 1. The first-order valence-electron chi connectivity index (χ1n) is 5.37. The summed E-state index contributed by atoms with van der Waals surface area (Å²) in [5.41, 5.74) is 7.20. The summed E-state index contributed by atoms with van der Waals surface area (Å²) in [5, 5.41) is 0.969. The fraction of sp³-hybridized carbons (Fsp3) is 0.231. The van der Waals surface area contributed by atoms with Crippen LogP contribution in [0.3, 0.4) is 0 Å². The molecule has 0 amide bonds. The molecule has 16 heavy (non-hydrogen) atoms. The maximum absolute atomic E-state index is 11.9. The molecule has 2 rings (SSSR count). The third-order valence-electron chi connectivity index (χ3n) is 2.65. The van der Waals surface area contributed by atoms with Crippen molar-refractivity contribution in [2.24, 2.45) is 5.73 Å². The Morgan fingerprint density at radius 1 is 1.44 bits per heavy atom. The third-order valence-corrected chi connectivity index (χ3v) is 2.65. The second-order valence-corrected chi connectivity index (χ2v) is 3.80. The summed E-state index contributed by atoms with van der Waals surface area (Å²) in [6, 6.07) is 9.13. The van der Waals surface area contributed by atoms with Crippen molar-refractivity contribution in [2.75, 3.05) is 0 Å². The van der Waals surface area contributed by atoms with Crippen LogP contribution < -0.4 is 5.73 Å². The Bertz CT molecular complexity index is 522. The van der Waals surface area contributed by atoms with Crippen LogP contribution in [0.2, 0.25) is 0 Å². The fourth-order valence-electron chi connectivity index (χ4n) is 1.61. The molecule has 1 heterocycles. The monoisotopic (exact) mass is 214 g/mol. The average molecular weight is 214 g/mol. The lowest BCUT2D eigenvalue weighted by Crippen LogP contribution is -2.29. The summed E-state index contributed by atoms with van der Waals surface area (Å²) < 4.78 is 0. The van der Waals surface area contributed by atoms with Gasteiger partial charge in [-0.15, -0.1) is 0 Å². The zero-order valence-electron chi connectivity index (χ0n) is 9.18. The Morgan fingerprint density at radius 2 is 2.19 bits per heavy atom. The quantitative estimate of drug-likeness (QED) is 0.796. The molecule has 0 saturated carbocycles. The van der Waals surface area contributed by atoms with Gasteiger partial charge in [-0.1, -0.05) is 25.1 Å². The van der Waals surface area contributed by atoms with Gasteiger partial charge in [0, 0.05) is 17.1 Å². The lowest BCUT2D eigenvalue weighted by Gasteiger charge is -2.07. The topological polar surface area (TPSA) is 56.0 Å². The van der Waals surface area contributed by atoms with E-state index in [2.05, 4.69) is 4.98 Å². The molecule has 1 aromatic carbocycles. The fourth-order valence-corrected chi connectivity index (χ4v) is 1.61. The van der Waals surface area contributed by atoms with Crippen molar-refractivity contribution in [2.45, 2.75) is 19.4 Å². The maximum atomic E-state index is 11.9. The summed E-state index contributed by atoms with van der Waals surface area (Å²) in [4.78, 5) is 16.1. The number of aromatic nitrogens is 1. The Hall–Kier alpha value is -1.74. The molecule has 0 aliphatic carbocycles. The van der Waals surface area contributed by atoms with E-state index in [0.717, 1.165) is 10.9 Å². The normalized spacial score (nSPS) is 12.6. The molecule has 1 aromatic heterocycles. The number of carbonyl (C=O) groups is 1. The zero-order chi connectivity index (χ0) is 11.5. The van der Waals surface area contributed by atoms with E-state index in [-0.39, 0.29) is 5.78 Å². The molecule has 0 radical (unpaired) electrons. The van der Waals surface area contributed by atoms with Crippen LogP contribution in [0.4, 0.5) is 0 Å². The van der Waals surface area contributed by atoms with E-state index in [1.807, 2.05) is 37.3 Å². The molecule has 2 N–H and O–H groups in total. The zero-order valence-corrected chi connectivity index (χ0v) is 9.18. The molecule has 3 heteroatoms. The van der Waals surface area contributed by atoms with E-state index in [4.69, 9.17) is 5.73 Å². The lowest BCUT2D eigenvalue weighted by atomic mass is 10.0. The van der Waals surface area contributed by atoms with E-state index in [0.29, 0.717) is 12.0 Å². The van der Waals surface area contributed by atoms with Gasteiger partial charge >= 0.3 is 0 Å². The first kappa shape index (κ1) is 10.8. The highest BCUT2D eigenvalue weighted by molar-refractivity contribution is 6.01. The van der Waals surface area contributed by atoms with Crippen LogP contribution in [0.1, 0.15) is 23.7 Å². The Kier molecular flexibility index (Phi) is 2.97. The summed E-state index contributed by atoms with van der Waals surface area (Å²) >= 11 is 0. The minimum absolute atomic E-state index is 0.0410. The Labute approximate surface area is 94.3 Å². The highest BCUT2D eigenvalue weighted by Gasteiger charge is 2.14. The molecule has 1 atom stereocenters. The van der Waals surface area contributed by atoms with Crippen molar-refractivity contribution in [1.29, 1.82) is 0 Å². The van der Waals surface area contributed by atoms with E-state index >= 15 is 0 Å². The number of ketones is 1. The molecule has 0 saturated heterocycles. The number of hydrogen-bond acceptors (Lipinski definition) is 3. The predicted octanol–water partition coefficient (Wildman–Crippen LogP) is 2.15. The van der Waals surface area contributed by atoms with Crippen LogP contribution in [0.5, 0.6) is 0 Å². The largest absolute Gasteiger partial charge is 0.321 e. The van der Waals surface area contributed by atoms with Crippen LogP contribution >= 0.6 is 0 Å². The molecular weight excluding hydrogens is 200 g/mol. The maximum Gasteiger partial charge on any atom is 0.181 e. The van der Waals surface area contributed by atoms with Gasteiger partial charge in [-0.2, -0.15) is 0 Å². The summed E-state index contributed by atoms with van der Waals surface area (Å²) in [7, 11) is 0. The first-order valence-corrected chi connectivity index (χ1v) is 5.37. The molecule has 0 bridgehead atoms. The molecule has 0 aliphatic rings. The van der Waals surface area contributed by atoms with Gasteiger partial charge < -0.3 is 5.73 Å². The van der Waals surface area contributed by atoms with Crippen LogP contribution in [-0.2, 0) is 0 Å². The van der Waals surface area contributed by atoms with Crippen LogP contribution in [0, 0.1) is 0 Å². The average Bonchev–Trinajstić information content (AvgIpc) is 2.36. The van der Waals surface area contributed by atoms with E-state index in [1.165, 1.54) is 0 Å². The van der Waals surface area contributed by atoms with Gasteiger partial charge in [-0.05, 0) is 18.6 Å². The minimum atomic E-state index is -0.428. The molecule has 0 spiro atoms. The van der Waals surface area contributed by atoms with Crippen molar-refractivity contribution in [3.05, 3.63) is 42.1 Å². The van der Waals surface area contributed by atoms with Crippen LogP contribution in [-0.4, -0.2) is 16.8 Å². The summed E-state index contributed by atoms with van der Waals surface area (Å²) in [6.45, 7) is 1.90. The predicted molar refractivity (Wildman–Crippen MR) is 64.3 cm³/mol. The van der Waals surface area contributed by atoms with Crippen molar-refractivity contribution >= 4 is 16.7 Å². The van der Waals surface area contributed by atoms with Gasteiger partial charge in [0.15, 0.2) is 5.78 Å². The Morgan fingerprint density at radius 3 is 2.94 bits per heavy atom. The number of hydrogen-bond donors (Lipinski definition) is 1. The molecule has 0 fully saturated rings. The Balaban J connectivity index is 2.43. The van der Waals surface area contributed by atoms with E-state index in [9.17, 15) is 4.79 Å². The van der Waals surface area contributed by atoms with Crippen molar-refractivity contribution in [3.8, 4) is 0 Å². The SMILES string of the molecule is CCC(N)C(=O)c1cnc2ccccc2c1. The molecule has 82 valence electrons. The number of rotatable bonds is 3. The number of benzene rings is 1. The number of para-hydroxylation sites is 1. The van der Waals surface area contributed by atoms with Gasteiger partial charge in [-0.3, -0.25) is 9.78 Å². The lowest BCUT2D eigenvalue weighted by molar-refractivity contribution is 0.0959. The first-order chi connectivity index (χ1) is 7.72. The third kappa shape index (κ3) is 1.95. The number of fused-ring (bicyclic) bond motifs is 1. The van der Waals surface area contributed by atoms with Gasteiger partial charge in [0.05, 0.1) is 11.6 Å². The second-order valence-electron chi connectivity index (χ2n) is 3.80. The molecular formula is C13H14N2O. The van der Waals surface area contributed by atoms with Crippen molar-refractivity contribution in [1.82, 2.24) is 4.98 Å². The van der Waals surface area contributed by atoms with Crippen molar-refractivity contribution in [3.63, 3.8) is 0 Å². The van der Waals surface area contributed by atoms with Crippen molar-refractivity contribution < 1.29 is 4.79 Å². The smallest absolute Gasteiger partial charge is 0.181 e. The second kappa shape index (κ2) is 4.41. The standard InChI is InChI=1S/C13H14N2O/c1-2-11(14)13(16)10-7-9-5-3-4-6-12(9)15-8-10/h3-8,11H,2,14H2,1H3. The number of Topliss-reactive ketones (excluding diaryl/α,β-unsaturated/α-hetero) is 1. The number of pyridine rings is 1. The van der Waals surface area contributed by atoms with E-state index < -0.39 is 6.04 Å². The van der Waals surface area contributed by atoms with Gasteiger partial charge in [0.1, 0.15) is 0 Å². The van der Waals surface area contributed by atoms with Gasteiger partial charge in [0.2, 0.25) is 0 Å². The van der Waals surface area contributed by atoms with E-state index in [1.54, 1.807) is 6.20 Å². The molecule has 1 unspecified atom stereocenters. The molecule has 3 nitrogen and oxygen atoms in total. The van der Waals surface area contributed by atoms with Gasteiger partial charge in [0.25, 0.3) is 0 Å². The number of carbonyl (C=O) groups excluding carboxylic acids is 1. The van der Waals surface area contributed by atoms with Crippen LogP contribution in [0.25, 0.3) is 10.9 Å². The van der Waals surface area contributed by atoms with Gasteiger partial charge in [-0.25, -0.2) is 0 Å². The number of nitrogens with zero attached hydrogens (tertiary/aromatic N) is 1. The molecule has 0 aliphatic heterocycles. The van der Waals surface area contributed by atoms with Crippen LogP contribution in [0.15, 0.2) is 36.5 Å². The minimum Gasteiger partial charge on any atom is -0.321 e. The summed E-state index contributed by atoms with van der Waals surface area (Å²) in [6.07, 6.45) is 2.24. The highest BCUT2D eigenvalue weighted by atomic mass is 16.1.